The maximum absolute atomic E-state index is 8.85. The van der Waals surface area contributed by atoms with Crippen LogP contribution in [0.5, 0.6) is 0 Å². The van der Waals surface area contributed by atoms with Crippen LogP contribution >= 0.6 is 0 Å². The van der Waals surface area contributed by atoms with Gasteiger partial charge >= 0.3 is 0 Å². The fraction of sp³-hybridized carbons (Fsp3) is 0.250. The zero-order chi connectivity index (χ0) is 12.1. The predicted molar refractivity (Wildman–Crippen MR) is 72.0 cm³/mol. The van der Waals surface area contributed by atoms with E-state index in [1.165, 1.54) is 22.3 Å². The van der Waals surface area contributed by atoms with Crippen molar-refractivity contribution >= 4 is 0 Å². The van der Waals surface area contributed by atoms with Crippen molar-refractivity contribution in [3.8, 4) is 11.1 Å². The third-order valence-electron chi connectivity index (χ3n) is 2.90. The summed E-state index contributed by atoms with van der Waals surface area (Å²) in [6.45, 7) is 2.37. The molecule has 0 amide bonds. The molecule has 1 N–H and O–H groups in total. The molecule has 2 aromatic carbocycles. The second kappa shape index (κ2) is 5.65. The van der Waals surface area contributed by atoms with Gasteiger partial charge in [0.1, 0.15) is 0 Å². The first-order valence-electron chi connectivity index (χ1n) is 6.06. The van der Waals surface area contributed by atoms with Gasteiger partial charge in [0.05, 0.1) is 0 Å². The van der Waals surface area contributed by atoms with Crippen LogP contribution in [0.4, 0.5) is 0 Å². The molecule has 0 saturated heterocycles. The lowest BCUT2D eigenvalue weighted by molar-refractivity contribution is 0.288. The van der Waals surface area contributed by atoms with Crippen LogP contribution < -0.4 is 0 Å². The van der Waals surface area contributed by atoms with Gasteiger partial charge in [-0.2, -0.15) is 0 Å². The maximum Gasteiger partial charge on any atom is 0.0434 e. The highest BCUT2D eigenvalue weighted by Crippen LogP contribution is 2.21. The SMILES string of the molecule is Cc1cccc(-c2cccc(CCCO)c2)c1. The van der Waals surface area contributed by atoms with E-state index < -0.39 is 0 Å². The third kappa shape index (κ3) is 3.18. The molecule has 0 aliphatic carbocycles. The highest BCUT2D eigenvalue weighted by atomic mass is 16.2. The van der Waals surface area contributed by atoms with Crippen LogP contribution in [0.25, 0.3) is 11.1 Å². The summed E-state index contributed by atoms with van der Waals surface area (Å²) >= 11 is 0. The van der Waals surface area contributed by atoms with E-state index in [-0.39, 0.29) is 6.61 Å². The Balaban J connectivity index is 2.26. The summed E-state index contributed by atoms with van der Waals surface area (Å²) in [5.41, 5.74) is 5.08. The van der Waals surface area contributed by atoms with Crippen LogP contribution in [-0.2, 0) is 6.42 Å². The quantitative estimate of drug-likeness (QED) is 0.844. The van der Waals surface area contributed by atoms with Crippen LogP contribution in [0.2, 0.25) is 0 Å². The van der Waals surface area contributed by atoms with Crippen molar-refractivity contribution in [2.45, 2.75) is 19.8 Å². The topological polar surface area (TPSA) is 20.2 Å². The molecular formula is C16H18O. The Morgan fingerprint density at radius 1 is 0.941 bits per heavy atom. The number of hydrogen-bond donors (Lipinski definition) is 1. The van der Waals surface area contributed by atoms with E-state index in [1.54, 1.807) is 0 Å². The second-order valence-corrected chi connectivity index (χ2v) is 4.40. The van der Waals surface area contributed by atoms with E-state index >= 15 is 0 Å². The standard InChI is InChI=1S/C16H18O/c1-13-5-2-8-15(11-13)16-9-3-6-14(12-16)7-4-10-17/h2-3,5-6,8-9,11-12,17H,4,7,10H2,1H3. The highest BCUT2D eigenvalue weighted by Gasteiger charge is 1.99. The van der Waals surface area contributed by atoms with Crippen LogP contribution in [0.1, 0.15) is 17.5 Å². The summed E-state index contributed by atoms with van der Waals surface area (Å²) < 4.78 is 0. The van der Waals surface area contributed by atoms with Crippen molar-refractivity contribution in [3.63, 3.8) is 0 Å². The average Bonchev–Trinajstić information content (AvgIpc) is 2.37. The first-order valence-corrected chi connectivity index (χ1v) is 6.06. The first-order chi connectivity index (χ1) is 8.29. The van der Waals surface area contributed by atoms with Crippen molar-refractivity contribution < 1.29 is 5.11 Å². The highest BCUT2D eigenvalue weighted by molar-refractivity contribution is 5.64. The van der Waals surface area contributed by atoms with Gasteiger partial charge in [0, 0.05) is 6.61 Å². The van der Waals surface area contributed by atoms with E-state index in [1.807, 2.05) is 0 Å². The Labute approximate surface area is 103 Å². The molecular weight excluding hydrogens is 208 g/mol. The Bertz CT molecular complexity index is 488. The van der Waals surface area contributed by atoms with Crippen LogP contribution in [0.15, 0.2) is 48.5 Å². The van der Waals surface area contributed by atoms with E-state index in [0.29, 0.717) is 0 Å². The van der Waals surface area contributed by atoms with E-state index in [4.69, 9.17) is 5.11 Å². The van der Waals surface area contributed by atoms with Gasteiger partial charge in [-0.25, -0.2) is 0 Å². The third-order valence-corrected chi connectivity index (χ3v) is 2.90. The van der Waals surface area contributed by atoms with Crippen molar-refractivity contribution in [1.29, 1.82) is 0 Å². The summed E-state index contributed by atoms with van der Waals surface area (Å²) in [6, 6.07) is 17.1. The number of aryl methyl sites for hydroxylation is 2. The fourth-order valence-corrected chi connectivity index (χ4v) is 2.01. The summed E-state index contributed by atoms with van der Waals surface area (Å²) in [7, 11) is 0. The molecule has 0 unspecified atom stereocenters. The average molecular weight is 226 g/mol. The molecule has 2 rings (SSSR count). The molecule has 0 heterocycles. The Hall–Kier alpha value is -1.60. The van der Waals surface area contributed by atoms with Crippen LogP contribution in [0, 0.1) is 6.92 Å². The minimum absolute atomic E-state index is 0.259. The number of rotatable bonds is 4. The minimum Gasteiger partial charge on any atom is -0.396 e. The van der Waals surface area contributed by atoms with Gasteiger partial charge in [-0.15, -0.1) is 0 Å². The van der Waals surface area contributed by atoms with Gasteiger partial charge in [0.15, 0.2) is 0 Å². The monoisotopic (exact) mass is 226 g/mol. The zero-order valence-corrected chi connectivity index (χ0v) is 10.2. The Morgan fingerprint density at radius 2 is 1.65 bits per heavy atom. The van der Waals surface area contributed by atoms with Gasteiger partial charge in [0.2, 0.25) is 0 Å². The van der Waals surface area contributed by atoms with Crippen molar-refractivity contribution in [3.05, 3.63) is 59.7 Å². The molecule has 1 nitrogen and oxygen atoms in total. The van der Waals surface area contributed by atoms with Crippen molar-refractivity contribution in [2.75, 3.05) is 6.61 Å². The van der Waals surface area contributed by atoms with E-state index in [2.05, 4.69) is 55.5 Å². The second-order valence-electron chi connectivity index (χ2n) is 4.40. The largest absolute Gasteiger partial charge is 0.396 e. The molecule has 0 aliphatic heterocycles. The molecule has 17 heavy (non-hydrogen) atoms. The molecule has 88 valence electrons. The molecule has 0 spiro atoms. The lowest BCUT2D eigenvalue weighted by atomic mass is 10.00. The first kappa shape index (κ1) is 11.9. The van der Waals surface area contributed by atoms with E-state index in [9.17, 15) is 0 Å². The maximum atomic E-state index is 8.85. The van der Waals surface area contributed by atoms with Crippen LogP contribution in [0.3, 0.4) is 0 Å². The van der Waals surface area contributed by atoms with E-state index in [0.717, 1.165) is 12.8 Å². The van der Waals surface area contributed by atoms with Crippen molar-refractivity contribution in [1.82, 2.24) is 0 Å². The number of aliphatic hydroxyl groups is 1. The molecule has 0 aromatic heterocycles. The molecule has 0 fully saturated rings. The molecule has 0 atom stereocenters. The van der Waals surface area contributed by atoms with Gasteiger partial charge < -0.3 is 5.11 Å². The molecule has 0 radical (unpaired) electrons. The minimum atomic E-state index is 0.259. The van der Waals surface area contributed by atoms with Gasteiger partial charge in [-0.3, -0.25) is 0 Å². The summed E-state index contributed by atoms with van der Waals surface area (Å²) in [4.78, 5) is 0. The fourth-order valence-electron chi connectivity index (χ4n) is 2.01. The Kier molecular flexibility index (Phi) is 3.94. The summed E-state index contributed by atoms with van der Waals surface area (Å²) in [5, 5.41) is 8.85. The molecule has 0 bridgehead atoms. The molecule has 0 aliphatic rings. The normalized spacial score (nSPS) is 10.5. The summed E-state index contributed by atoms with van der Waals surface area (Å²) in [5.74, 6) is 0. The molecule has 0 saturated carbocycles. The summed E-state index contributed by atoms with van der Waals surface area (Å²) in [6.07, 6.45) is 1.77. The smallest absolute Gasteiger partial charge is 0.0434 e. The van der Waals surface area contributed by atoms with Gasteiger partial charge in [-0.05, 0) is 36.5 Å². The number of benzene rings is 2. The lowest BCUT2D eigenvalue weighted by Crippen LogP contribution is -1.90. The lowest BCUT2D eigenvalue weighted by Gasteiger charge is -2.06. The predicted octanol–water partition coefficient (Wildman–Crippen LogP) is 3.59. The van der Waals surface area contributed by atoms with Crippen LogP contribution in [-0.4, -0.2) is 11.7 Å². The van der Waals surface area contributed by atoms with Gasteiger partial charge in [-0.1, -0.05) is 54.1 Å². The molecule has 1 heteroatoms. The number of aliphatic hydroxyl groups excluding tert-OH is 1. The zero-order valence-electron chi connectivity index (χ0n) is 10.2. The number of hydrogen-bond acceptors (Lipinski definition) is 1. The van der Waals surface area contributed by atoms with Crippen molar-refractivity contribution in [2.24, 2.45) is 0 Å². The molecule has 2 aromatic rings. The Morgan fingerprint density at radius 3 is 2.35 bits per heavy atom. The van der Waals surface area contributed by atoms with Gasteiger partial charge in [0.25, 0.3) is 0 Å².